The van der Waals surface area contributed by atoms with Crippen LogP contribution in [0.15, 0.2) is 60.1 Å². The molecule has 0 aliphatic heterocycles. The Morgan fingerprint density at radius 3 is 2.67 bits per heavy atom. The Labute approximate surface area is 192 Å². The van der Waals surface area contributed by atoms with E-state index in [1.807, 2.05) is 31.2 Å². The fourth-order valence-corrected chi connectivity index (χ4v) is 2.80. The van der Waals surface area contributed by atoms with Gasteiger partial charge in [0, 0.05) is 37.7 Å². The number of anilines is 1. The molecular formula is C21H25FIN5O2. The van der Waals surface area contributed by atoms with Crippen LogP contribution in [-0.4, -0.2) is 36.3 Å². The number of imidazole rings is 1. The van der Waals surface area contributed by atoms with E-state index in [-0.39, 0.29) is 29.8 Å². The summed E-state index contributed by atoms with van der Waals surface area (Å²) < 4.78 is 26.9. The number of nitrogens with one attached hydrogen (secondary N) is 2. The highest BCUT2D eigenvalue weighted by Gasteiger charge is 2.08. The zero-order valence-corrected chi connectivity index (χ0v) is 19.4. The predicted octanol–water partition coefficient (Wildman–Crippen LogP) is 4.22. The van der Waals surface area contributed by atoms with E-state index in [4.69, 9.17) is 9.47 Å². The van der Waals surface area contributed by atoms with Crippen LogP contribution in [0.3, 0.4) is 0 Å². The summed E-state index contributed by atoms with van der Waals surface area (Å²) in [4.78, 5) is 8.16. The number of hydrogen-bond acceptors (Lipinski definition) is 4. The van der Waals surface area contributed by atoms with Crippen molar-refractivity contribution in [2.75, 3.05) is 26.1 Å². The van der Waals surface area contributed by atoms with E-state index >= 15 is 0 Å². The molecule has 2 N–H and O–H groups in total. The number of ether oxygens (including phenoxy) is 2. The number of benzene rings is 2. The molecule has 1 aromatic heterocycles. The van der Waals surface area contributed by atoms with E-state index in [2.05, 4.69) is 20.6 Å². The molecule has 1 heterocycles. The van der Waals surface area contributed by atoms with E-state index in [1.54, 1.807) is 43.5 Å². The van der Waals surface area contributed by atoms with Crippen molar-refractivity contribution < 1.29 is 13.9 Å². The largest absolute Gasteiger partial charge is 0.493 e. The van der Waals surface area contributed by atoms with Crippen LogP contribution in [0, 0.1) is 5.82 Å². The molecule has 0 atom stereocenters. The van der Waals surface area contributed by atoms with Gasteiger partial charge in [0.05, 0.1) is 25.7 Å². The zero-order valence-electron chi connectivity index (χ0n) is 17.1. The Hall–Kier alpha value is -2.82. The highest BCUT2D eigenvalue weighted by molar-refractivity contribution is 14.0. The number of halogens is 2. The molecule has 160 valence electrons. The molecule has 0 aliphatic carbocycles. The van der Waals surface area contributed by atoms with Gasteiger partial charge in [-0.05, 0) is 36.8 Å². The molecule has 0 fully saturated rings. The lowest BCUT2D eigenvalue weighted by molar-refractivity contribution is 0.311. The van der Waals surface area contributed by atoms with Crippen molar-refractivity contribution >= 4 is 35.6 Å². The van der Waals surface area contributed by atoms with Gasteiger partial charge < -0.3 is 24.7 Å². The number of guanidine groups is 1. The average Bonchev–Trinajstić information content (AvgIpc) is 3.26. The molecule has 0 radical (unpaired) electrons. The molecule has 2 aromatic carbocycles. The summed E-state index contributed by atoms with van der Waals surface area (Å²) in [5.41, 5.74) is 2.04. The standard InChI is InChI=1S/C21H24FN5O2.HI/c1-4-29-20-12-16(6-8-19(20)28-3)26-21(23-2)25-13-15-5-7-18(17(22)11-15)27-10-9-24-14-27;/h5-12,14H,4,13H2,1-3H3,(H2,23,25,26);1H. The maximum Gasteiger partial charge on any atom is 0.195 e. The van der Waals surface area contributed by atoms with Crippen molar-refractivity contribution in [2.24, 2.45) is 4.99 Å². The van der Waals surface area contributed by atoms with Gasteiger partial charge in [0.25, 0.3) is 0 Å². The van der Waals surface area contributed by atoms with Crippen LogP contribution < -0.4 is 20.1 Å². The van der Waals surface area contributed by atoms with Gasteiger partial charge >= 0.3 is 0 Å². The molecule has 0 amide bonds. The second-order valence-corrected chi connectivity index (χ2v) is 6.11. The third-order valence-electron chi connectivity index (χ3n) is 4.20. The summed E-state index contributed by atoms with van der Waals surface area (Å²) >= 11 is 0. The van der Waals surface area contributed by atoms with Crippen molar-refractivity contribution in [1.82, 2.24) is 14.9 Å². The molecule has 3 rings (SSSR count). The molecular weight excluding hydrogens is 500 g/mol. The van der Waals surface area contributed by atoms with Gasteiger partial charge in [0.1, 0.15) is 5.82 Å². The first-order chi connectivity index (χ1) is 14.1. The summed E-state index contributed by atoms with van der Waals surface area (Å²) in [5, 5.41) is 6.37. The minimum Gasteiger partial charge on any atom is -0.493 e. The number of rotatable bonds is 7. The summed E-state index contributed by atoms with van der Waals surface area (Å²) in [6.45, 7) is 2.86. The Balaban J connectivity index is 0.00000320. The molecule has 0 saturated carbocycles. The minimum absolute atomic E-state index is 0. The molecule has 3 aromatic rings. The van der Waals surface area contributed by atoms with Gasteiger partial charge in [-0.3, -0.25) is 4.99 Å². The first kappa shape index (κ1) is 23.5. The van der Waals surface area contributed by atoms with Gasteiger partial charge in [0.15, 0.2) is 17.5 Å². The van der Waals surface area contributed by atoms with Crippen LogP contribution in [0.25, 0.3) is 5.69 Å². The topological polar surface area (TPSA) is 72.7 Å². The van der Waals surface area contributed by atoms with Crippen molar-refractivity contribution in [3.8, 4) is 17.2 Å². The summed E-state index contributed by atoms with van der Waals surface area (Å²) in [6, 6.07) is 10.6. The second-order valence-electron chi connectivity index (χ2n) is 6.11. The number of methoxy groups -OCH3 is 1. The number of hydrogen-bond donors (Lipinski definition) is 2. The summed E-state index contributed by atoms with van der Waals surface area (Å²) in [5.74, 6) is 1.54. The monoisotopic (exact) mass is 525 g/mol. The number of nitrogens with zero attached hydrogens (tertiary/aromatic N) is 3. The minimum atomic E-state index is -0.318. The maximum absolute atomic E-state index is 14.4. The third kappa shape index (κ3) is 5.85. The van der Waals surface area contributed by atoms with Crippen molar-refractivity contribution in [2.45, 2.75) is 13.5 Å². The van der Waals surface area contributed by atoms with E-state index in [9.17, 15) is 4.39 Å². The molecule has 0 aliphatic rings. The highest BCUT2D eigenvalue weighted by atomic mass is 127. The van der Waals surface area contributed by atoms with Gasteiger partial charge in [-0.25, -0.2) is 9.37 Å². The van der Waals surface area contributed by atoms with Crippen LogP contribution in [0.2, 0.25) is 0 Å². The molecule has 7 nitrogen and oxygen atoms in total. The zero-order chi connectivity index (χ0) is 20.6. The predicted molar refractivity (Wildman–Crippen MR) is 127 cm³/mol. The summed E-state index contributed by atoms with van der Waals surface area (Å²) in [7, 11) is 3.27. The van der Waals surface area contributed by atoms with Crippen LogP contribution >= 0.6 is 24.0 Å². The lowest BCUT2D eigenvalue weighted by Crippen LogP contribution is -2.30. The van der Waals surface area contributed by atoms with Crippen LogP contribution in [0.5, 0.6) is 11.5 Å². The Kier molecular flexibility index (Phi) is 8.90. The quantitative estimate of drug-likeness (QED) is 0.275. The number of aliphatic imine (C=N–C) groups is 1. The maximum atomic E-state index is 14.4. The van der Waals surface area contributed by atoms with Crippen molar-refractivity contribution in [3.63, 3.8) is 0 Å². The lowest BCUT2D eigenvalue weighted by Gasteiger charge is -2.15. The van der Waals surface area contributed by atoms with E-state index in [0.29, 0.717) is 36.3 Å². The molecule has 0 bridgehead atoms. The first-order valence-electron chi connectivity index (χ1n) is 9.19. The normalized spacial score (nSPS) is 10.9. The van der Waals surface area contributed by atoms with Crippen LogP contribution in [0.1, 0.15) is 12.5 Å². The fraction of sp³-hybridized carbons (Fsp3) is 0.238. The SMILES string of the molecule is CCOc1cc(NC(=NC)NCc2ccc(-n3ccnc3)c(F)c2)ccc1OC.I. The summed E-state index contributed by atoms with van der Waals surface area (Å²) in [6.07, 6.45) is 4.88. The molecule has 9 heteroatoms. The van der Waals surface area contributed by atoms with Crippen molar-refractivity contribution in [3.05, 3.63) is 66.5 Å². The van der Waals surface area contributed by atoms with Crippen LogP contribution in [0.4, 0.5) is 10.1 Å². The van der Waals surface area contributed by atoms with Gasteiger partial charge in [-0.2, -0.15) is 0 Å². The van der Waals surface area contributed by atoms with E-state index in [1.165, 1.54) is 6.07 Å². The molecule has 30 heavy (non-hydrogen) atoms. The van der Waals surface area contributed by atoms with E-state index in [0.717, 1.165) is 11.3 Å². The number of aromatic nitrogens is 2. The van der Waals surface area contributed by atoms with Gasteiger partial charge in [0.2, 0.25) is 0 Å². The molecule has 0 saturated heterocycles. The third-order valence-corrected chi connectivity index (χ3v) is 4.20. The Morgan fingerprint density at radius 2 is 2.03 bits per heavy atom. The molecule has 0 spiro atoms. The average molecular weight is 525 g/mol. The van der Waals surface area contributed by atoms with Crippen molar-refractivity contribution in [1.29, 1.82) is 0 Å². The molecule has 0 unspecified atom stereocenters. The fourth-order valence-electron chi connectivity index (χ4n) is 2.80. The van der Waals surface area contributed by atoms with Gasteiger partial charge in [-0.15, -0.1) is 24.0 Å². The Bertz CT molecular complexity index is 980. The smallest absolute Gasteiger partial charge is 0.195 e. The Morgan fingerprint density at radius 1 is 1.20 bits per heavy atom. The second kappa shape index (κ2) is 11.4. The van der Waals surface area contributed by atoms with Crippen LogP contribution in [-0.2, 0) is 6.54 Å². The lowest BCUT2D eigenvalue weighted by atomic mass is 10.2. The highest BCUT2D eigenvalue weighted by Crippen LogP contribution is 2.30. The van der Waals surface area contributed by atoms with E-state index < -0.39 is 0 Å². The van der Waals surface area contributed by atoms with Gasteiger partial charge in [-0.1, -0.05) is 6.07 Å². The first-order valence-corrected chi connectivity index (χ1v) is 9.19.